The summed E-state index contributed by atoms with van der Waals surface area (Å²) in [5.74, 6) is 0.214. The molecule has 1 aromatic carbocycles. The second kappa shape index (κ2) is 4.95. The van der Waals surface area contributed by atoms with Gasteiger partial charge in [0.25, 0.3) is 0 Å². The highest BCUT2D eigenvalue weighted by atomic mass is 127. The highest BCUT2D eigenvalue weighted by Gasteiger charge is 2.06. The van der Waals surface area contributed by atoms with Gasteiger partial charge in [0, 0.05) is 8.04 Å². The van der Waals surface area contributed by atoms with Gasteiger partial charge in [-0.15, -0.1) is 0 Å². The van der Waals surface area contributed by atoms with Crippen molar-refractivity contribution in [1.29, 1.82) is 5.41 Å². The van der Waals surface area contributed by atoms with Crippen molar-refractivity contribution >= 4 is 44.4 Å². The maximum Gasteiger partial charge on any atom is 0.214 e. The third kappa shape index (κ3) is 2.95. The predicted octanol–water partition coefficient (Wildman–Crippen LogP) is 3.42. The molecular weight excluding hydrogens is 345 g/mol. The highest BCUT2D eigenvalue weighted by molar-refractivity contribution is 14.1. The minimum Gasteiger partial charge on any atom is -0.478 e. The van der Waals surface area contributed by atoms with Gasteiger partial charge in [0.2, 0.25) is 5.90 Å². The summed E-state index contributed by atoms with van der Waals surface area (Å²) in [4.78, 5) is 0. The van der Waals surface area contributed by atoms with Crippen molar-refractivity contribution in [2.75, 3.05) is 6.61 Å². The van der Waals surface area contributed by atoms with Crippen LogP contribution in [0.3, 0.4) is 0 Å². The molecule has 0 aliphatic heterocycles. The Labute approximate surface area is 99.5 Å². The fraction of sp³-hybridized carbons (Fsp3) is 0.222. The van der Waals surface area contributed by atoms with E-state index in [-0.39, 0.29) is 5.90 Å². The van der Waals surface area contributed by atoms with Crippen molar-refractivity contribution in [1.82, 2.24) is 0 Å². The molecule has 1 N–H and O–H groups in total. The summed E-state index contributed by atoms with van der Waals surface area (Å²) < 4.78 is 7.14. The molecule has 0 amide bonds. The molecule has 0 heterocycles. The number of halogens is 2. The summed E-state index contributed by atoms with van der Waals surface area (Å²) in [6.07, 6.45) is 0. The number of hydrogen-bond acceptors (Lipinski definition) is 2. The minimum absolute atomic E-state index is 0.214. The van der Waals surface area contributed by atoms with Crippen molar-refractivity contribution in [2.45, 2.75) is 6.92 Å². The zero-order valence-corrected chi connectivity index (χ0v) is 10.8. The van der Waals surface area contributed by atoms with Crippen molar-refractivity contribution < 1.29 is 4.74 Å². The molecule has 0 atom stereocenters. The van der Waals surface area contributed by atoms with Crippen LogP contribution in [0, 0.1) is 8.98 Å². The molecular formula is C9H9BrINO. The highest BCUT2D eigenvalue weighted by Crippen LogP contribution is 2.20. The molecule has 1 rings (SSSR count). The van der Waals surface area contributed by atoms with Gasteiger partial charge in [-0.25, -0.2) is 0 Å². The molecule has 0 saturated carbocycles. The van der Waals surface area contributed by atoms with Crippen LogP contribution in [0.15, 0.2) is 22.7 Å². The molecule has 70 valence electrons. The Morgan fingerprint density at radius 2 is 2.31 bits per heavy atom. The maximum atomic E-state index is 7.59. The van der Waals surface area contributed by atoms with Crippen LogP contribution in [0.1, 0.15) is 12.5 Å². The summed E-state index contributed by atoms with van der Waals surface area (Å²) in [5.41, 5.74) is 0.794. The molecule has 13 heavy (non-hydrogen) atoms. The van der Waals surface area contributed by atoms with Gasteiger partial charge in [-0.3, -0.25) is 5.41 Å². The van der Waals surface area contributed by atoms with Gasteiger partial charge in [0.1, 0.15) is 0 Å². The first kappa shape index (κ1) is 11.0. The van der Waals surface area contributed by atoms with E-state index in [2.05, 4.69) is 38.5 Å². The summed E-state index contributed by atoms with van der Waals surface area (Å²) in [6.45, 7) is 2.40. The van der Waals surface area contributed by atoms with E-state index in [4.69, 9.17) is 10.1 Å². The topological polar surface area (TPSA) is 33.1 Å². The summed E-state index contributed by atoms with van der Waals surface area (Å²) in [6, 6.07) is 5.79. The lowest BCUT2D eigenvalue weighted by molar-refractivity contribution is 0.325. The van der Waals surface area contributed by atoms with E-state index < -0.39 is 0 Å². The first-order valence-electron chi connectivity index (χ1n) is 3.82. The smallest absolute Gasteiger partial charge is 0.214 e. The SMILES string of the molecule is CCOC(=N)c1ccc(I)cc1Br. The molecule has 0 spiro atoms. The molecule has 0 unspecified atom stereocenters. The van der Waals surface area contributed by atoms with Crippen LogP contribution in [0.2, 0.25) is 0 Å². The quantitative estimate of drug-likeness (QED) is 0.493. The van der Waals surface area contributed by atoms with Crippen LogP contribution in [0.25, 0.3) is 0 Å². The van der Waals surface area contributed by atoms with E-state index in [1.165, 1.54) is 0 Å². The van der Waals surface area contributed by atoms with Gasteiger partial charge < -0.3 is 4.74 Å². The van der Waals surface area contributed by atoms with E-state index in [1.54, 1.807) is 0 Å². The fourth-order valence-electron chi connectivity index (χ4n) is 0.896. The standard InChI is InChI=1S/C9H9BrINO/c1-2-13-9(12)7-4-3-6(11)5-8(7)10/h3-5,12H,2H2,1H3. The summed E-state index contributed by atoms with van der Waals surface area (Å²) in [5, 5.41) is 7.59. The fourth-order valence-corrected chi connectivity index (χ4v) is 2.37. The molecule has 2 nitrogen and oxygen atoms in total. The molecule has 0 fully saturated rings. The maximum absolute atomic E-state index is 7.59. The van der Waals surface area contributed by atoms with E-state index in [1.807, 2.05) is 25.1 Å². The van der Waals surface area contributed by atoms with Crippen LogP contribution in [-0.4, -0.2) is 12.5 Å². The van der Waals surface area contributed by atoms with Crippen LogP contribution < -0.4 is 0 Å². The van der Waals surface area contributed by atoms with E-state index in [0.29, 0.717) is 6.61 Å². The lowest BCUT2D eigenvalue weighted by Crippen LogP contribution is -2.05. The van der Waals surface area contributed by atoms with Crippen molar-refractivity contribution in [3.63, 3.8) is 0 Å². The second-order valence-corrected chi connectivity index (χ2v) is 4.49. The largest absolute Gasteiger partial charge is 0.478 e. The number of ether oxygens (including phenoxy) is 1. The first-order chi connectivity index (χ1) is 6.15. The molecule has 4 heteroatoms. The van der Waals surface area contributed by atoms with Gasteiger partial charge in [0.15, 0.2) is 0 Å². The molecule has 0 radical (unpaired) electrons. The van der Waals surface area contributed by atoms with Gasteiger partial charge in [0.05, 0.1) is 12.2 Å². The van der Waals surface area contributed by atoms with Crippen LogP contribution >= 0.6 is 38.5 Å². The van der Waals surface area contributed by atoms with Gasteiger partial charge in [-0.05, 0) is 63.6 Å². The molecule has 0 saturated heterocycles. The van der Waals surface area contributed by atoms with Crippen molar-refractivity contribution in [3.05, 3.63) is 31.8 Å². The number of nitrogens with one attached hydrogen (secondary N) is 1. The Bertz CT molecular complexity index is 327. The average molecular weight is 354 g/mol. The molecule has 1 aromatic rings. The zero-order chi connectivity index (χ0) is 9.84. The summed E-state index contributed by atoms with van der Waals surface area (Å²) >= 11 is 5.62. The Hall–Kier alpha value is -0.100. The lowest BCUT2D eigenvalue weighted by atomic mass is 10.2. The summed E-state index contributed by atoms with van der Waals surface area (Å²) in [7, 11) is 0. The van der Waals surface area contributed by atoms with Gasteiger partial charge in [-0.1, -0.05) is 0 Å². The predicted molar refractivity (Wildman–Crippen MR) is 65.3 cm³/mol. The molecule has 0 aromatic heterocycles. The number of rotatable bonds is 2. The van der Waals surface area contributed by atoms with Crippen LogP contribution in [-0.2, 0) is 4.74 Å². The van der Waals surface area contributed by atoms with Crippen LogP contribution in [0.5, 0.6) is 0 Å². The Kier molecular flexibility index (Phi) is 4.18. The zero-order valence-electron chi connectivity index (χ0n) is 7.10. The van der Waals surface area contributed by atoms with Crippen molar-refractivity contribution in [2.24, 2.45) is 0 Å². The Balaban J connectivity index is 2.95. The van der Waals surface area contributed by atoms with Crippen molar-refractivity contribution in [3.8, 4) is 0 Å². The monoisotopic (exact) mass is 353 g/mol. The average Bonchev–Trinajstić information content (AvgIpc) is 2.04. The third-order valence-corrected chi connectivity index (χ3v) is 2.79. The second-order valence-electron chi connectivity index (χ2n) is 2.39. The van der Waals surface area contributed by atoms with Gasteiger partial charge >= 0.3 is 0 Å². The van der Waals surface area contributed by atoms with E-state index in [9.17, 15) is 0 Å². The molecule has 0 aliphatic rings. The van der Waals surface area contributed by atoms with Gasteiger partial charge in [-0.2, -0.15) is 0 Å². The normalized spacial score (nSPS) is 9.77. The number of hydrogen-bond donors (Lipinski definition) is 1. The first-order valence-corrected chi connectivity index (χ1v) is 5.69. The lowest BCUT2D eigenvalue weighted by Gasteiger charge is -2.06. The third-order valence-electron chi connectivity index (χ3n) is 1.46. The Morgan fingerprint density at radius 1 is 1.62 bits per heavy atom. The number of benzene rings is 1. The van der Waals surface area contributed by atoms with E-state index >= 15 is 0 Å². The molecule has 0 aliphatic carbocycles. The van der Waals surface area contributed by atoms with E-state index in [0.717, 1.165) is 13.6 Å². The molecule has 0 bridgehead atoms. The van der Waals surface area contributed by atoms with Crippen LogP contribution in [0.4, 0.5) is 0 Å². The minimum atomic E-state index is 0.214. The Morgan fingerprint density at radius 3 is 2.85 bits per heavy atom.